The summed E-state index contributed by atoms with van der Waals surface area (Å²) >= 11 is 11.2. The minimum atomic E-state index is -0.0693. The van der Waals surface area contributed by atoms with Crippen molar-refractivity contribution in [3.05, 3.63) is 38.0 Å². The van der Waals surface area contributed by atoms with Crippen molar-refractivity contribution < 1.29 is 14.3 Å². The van der Waals surface area contributed by atoms with Crippen LogP contribution in [0.4, 0.5) is 5.69 Å². The van der Waals surface area contributed by atoms with E-state index < -0.39 is 0 Å². The molecule has 0 aliphatic rings. The Morgan fingerprint density at radius 2 is 2.00 bits per heavy atom. The van der Waals surface area contributed by atoms with Crippen molar-refractivity contribution in [3.8, 4) is 11.5 Å². The van der Waals surface area contributed by atoms with E-state index in [-0.39, 0.29) is 5.91 Å². The summed E-state index contributed by atoms with van der Waals surface area (Å²) in [7, 11) is 3.06. The van der Waals surface area contributed by atoms with Crippen LogP contribution in [-0.2, 0) is 11.2 Å². The number of hydrogen-bond acceptors (Lipinski definition) is 4. The molecule has 0 fully saturated rings. The highest BCUT2D eigenvalue weighted by molar-refractivity contribution is 9.11. The maximum Gasteiger partial charge on any atom is 0.224 e. The average molecular weight is 419 g/mol. The number of nitrogens with one attached hydrogen (secondary N) is 1. The molecule has 0 unspecified atom stereocenters. The van der Waals surface area contributed by atoms with Crippen LogP contribution in [0.2, 0.25) is 5.02 Å². The van der Waals surface area contributed by atoms with E-state index in [2.05, 4.69) is 27.3 Å². The van der Waals surface area contributed by atoms with Gasteiger partial charge in [-0.25, -0.2) is 0 Å². The third-order valence-corrected chi connectivity index (χ3v) is 5.18. The molecule has 2 rings (SSSR count). The number of benzene rings is 1. The van der Waals surface area contributed by atoms with Gasteiger partial charge in [-0.15, -0.1) is 11.3 Å². The van der Waals surface area contributed by atoms with Crippen molar-refractivity contribution >= 4 is 50.5 Å². The van der Waals surface area contributed by atoms with Gasteiger partial charge in [0.2, 0.25) is 5.91 Å². The van der Waals surface area contributed by atoms with E-state index in [9.17, 15) is 4.79 Å². The van der Waals surface area contributed by atoms with Gasteiger partial charge in [-0.1, -0.05) is 11.6 Å². The second kappa shape index (κ2) is 8.57. The summed E-state index contributed by atoms with van der Waals surface area (Å²) in [5.41, 5.74) is 0.544. The van der Waals surface area contributed by atoms with E-state index in [0.29, 0.717) is 28.6 Å². The summed E-state index contributed by atoms with van der Waals surface area (Å²) in [5, 5.41) is 3.26. The van der Waals surface area contributed by atoms with E-state index in [1.54, 1.807) is 23.5 Å². The van der Waals surface area contributed by atoms with Crippen LogP contribution in [0.1, 0.15) is 17.7 Å². The van der Waals surface area contributed by atoms with Crippen LogP contribution in [0.5, 0.6) is 11.5 Å². The first-order valence-corrected chi connectivity index (χ1v) is 8.98. The van der Waals surface area contributed by atoms with Crippen LogP contribution in [0, 0.1) is 0 Å². The first-order valence-electron chi connectivity index (χ1n) is 6.99. The average Bonchev–Trinajstić information content (AvgIpc) is 2.93. The second-order valence-electron chi connectivity index (χ2n) is 4.79. The van der Waals surface area contributed by atoms with Gasteiger partial charge in [0.1, 0.15) is 11.5 Å². The maximum atomic E-state index is 12.1. The van der Waals surface area contributed by atoms with E-state index in [1.165, 1.54) is 19.1 Å². The number of thiophene rings is 1. The fraction of sp³-hybridized carbons (Fsp3) is 0.312. The molecule has 0 aliphatic carbocycles. The SMILES string of the molecule is COc1cc(OC)c(NC(=O)CCCc2ccc(Br)s2)cc1Cl. The Hall–Kier alpha value is -1.24. The molecule has 4 nitrogen and oxygen atoms in total. The Labute approximate surface area is 152 Å². The number of halogens is 2. The molecule has 1 amide bonds. The topological polar surface area (TPSA) is 47.6 Å². The molecular formula is C16H17BrClNO3S. The molecule has 1 N–H and O–H groups in total. The zero-order chi connectivity index (χ0) is 16.8. The van der Waals surface area contributed by atoms with Crippen LogP contribution >= 0.6 is 38.9 Å². The third-order valence-electron chi connectivity index (χ3n) is 3.20. The molecule has 0 bridgehead atoms. The van der Waals surface area contributed by atoms with E-state index >= 15 is 0 Å². The summed E-state index contributed by atoms with van der Waals surface area (Å²) in [5.74, 6) is 0.951. The number of amides is 1. The number of ether oxygens (including phenoxy) is 2. The standard InChI is InChI=1S/C16H17BrClNO3S/c1-21-13-9-14(22-2)12(8-11(13)18)19-16(20)5-3-4-10-6-7-15(17)23-10/h6-9H,3-5H2,1-2H3,(H,19,20). The predicted octanol–water partition coefficient (Wildman–Crippen LogP) is 5.14. The molecule has 0 saturated carbocycles. The highest BCUT2D eigenvalue weighted by Crippen LogP contribution is 2.36. The normalized spacial score (nSPS) is 10.4. The van der Waals surface area contributed by atoms with Gasteiger partial charge in [0, 0.05) is 17.4 Å². The molecule has 1 aromatic carbocycles. The number of anilines is 1. The van der Waals surface area contributed by atoms with Gasteiger partial charge in [0.25, 0.3) is 0 Å². The maximum absolute atomic E-state index is 12.1. The first kappa shape index (κ1) is 18.1. The number of carbonyl (C=O) groups is 1. The zero-order valence-corrected chi connectivity index (χ0v) is 16.0. The van der Waals surface area contributed by atoms with Crippen molar-refractivity contribution in [2.75, 3.05) is 19.5 Å². The largest absolute Gasteiger partial charge is 0.495 e. The molecule has 23 heavy (non-hydrogen) atoms. The van der Waals surface area contributed by atoms with Gasteiger partial charge < -0.3 is 14.8 Å². The summed E-state index contributed by atoms with van der Waals surface area (Å²) < 4.78 is 11.5. The van der Waals surface area contributed by atoms with Gasteiger partial charge in [0.15, 0.2) is 0 Å². The minimum Gasteiger partial charge on any atom is -0.495 e. The Bertz CT molecular complexity index is 690. The minimum absolute atomic E-state index is 0.0693. The summed E-state index contributed by atoms with van der Waals surface area (Å²) in [6.07, 6.45) is 2.09. The van der Waals surface area contributed by atoms with Crippen LogP contribution < -0.4 is 14.8 Å². The predicted molar refractivity (Wildman–Crippen MR) is 98.1 cm³/mol. The van der Waals surface area contributed by atoms with Gasteiger partial charge in [-0.3, -0.25) is 4.79 Å². The molecule has 124 valence electrons. The van der Waals surface area contributed by atoms with Crippen molar-refractivity contribution in [1.82, 2.24) is 0 Å². The Morgan fingerprint density at radius 3 is 2.61 bits per heavy atom. The van der Waals surface area contributed by atoms with Gasteiger partial charge in [-0.2, -0.15) is 0 Å². The van der Waals surface area contributed by atoms with E-state index in [0.717, 1.165) is 16.6 Å². The first-order chi connectivity index (χ1) is 11.0. The molecule has 1 heterocycles. The molecule has 0 saturated heterocycles. The van der Waals surface area contributed by atoms with Gasteiger partial charge in [0.05, 0.1) is 28.7 Å². The lowest BCUT2D eigenvalue weighted by Gasteiger charge is -2.13. The molecule has 1 aromatic heterocycles. The zero-order valence-electron chi connectivity index (χ0n) is 12.8. The molecule has 0 aliphatic heterocycles. The quantitative estimate of drug-likeness (QED) is 0.677. The third kappa shape index (κ3) is 5.12. The fourth-order valence-corrected chi connectivity index (χ4v) is 3.85. The number of aryl methyl sites for hydroxylation is 1. The molecule has 0 atom stereocenters. The van der Waals surface area contributed by atoms with Crippen LogP contribution in [0.3, 0.4) is 0 Å². The monoisotopic (exact) mass is 417 g/mol. The highest BCUT2D eigenvalue weighted by atomic mass is 79.9. The number of carbonyl (C=O) groups excluding carboxylic acids is 1. The van der Waals surface area contributed by atoms with Crippen molar-refractivity contribution in [2.24, 2.45) is 0 Å². The second-order valence-corrected chi connectivity index (χ2v) is 7.75. The van der Waals surface area contributed by atoms with Crippen LogP contribution in [0.15, 0.2) is 28.1 Å². The van der Waals surface area contributed by atoms with E-state index in [4.69, 9.17) is 21.1 Å². The summed E-state index contributed by atoms with van der Waals surface area (Å²) in [4.78, 5) is 13.4. The summed E-state index contributed by atoms with van der Waals surface area (Å²) in [6.45, 7) is 0. The lowest BCUT2D eigenvalue weighted by molar-refractivity contribution is -0.116. The summed E-state index contributed by atoms with van der Waals surface area (Å²) in [6, 6.07) is 7.37. The van der Waals surface area contributed by atoms with Gasteiger partial charge in [-0.05, 0) is 47.0 Å². The van der Waals surface area contributed by atoms with Crippen molar-refractivity contribution in [1.29, 1.82) is 0 Å². The fourth-order valence-electron chi connectivity index (χ4n) is 2.08. The highest BCUT2D eigenvalue weighted by Gasteiger charge is 2.12. The Balaban J connectivity index is 1.93. The molecule has 0 radical (unpaired) electrons. The lowest BCUT2D eigenvalue weighted by Crippen LogP contribution is -2.12. The molecule has 2 aromatic rings. The molecule has 0 spiro atoms. The smallest absolute Gasteiger partial charge is 0.224 e. The lowest BCUT2D eigenvalue weighted by atomic mass is 10.2. The molecule has 7 heteroatoms. The van der Waals surface area contributed by atoms with Crippen molar-refractivity contribution in [2.45, 2.75) is 19.3 Å². The van der Waals surface area contributed by atoms with E-state index in [1.807, 2.05) is 6.07 Å². The number of hydrogen-bond donors (Lipinski definition) is 1. The van der Waals surface area contributed by atoms with Gasteiger partial charge >= 0.3 is 0 Å². The molecular weight excluding hydrogens is 402 g/mol. The number of methoxy groups -OCH3 is 2. The Morgan fingerprint density at radius 1 is 1.26 bits per heavy atom. The number of rotatable bonds is 7. The van der Waals surface area contributed by atoms with Crippen LogP contribution in [-0.4, -0.2) is 20.1 Å². The Kier molecular flexibility index (Phi) is 6.74. The van der Waals surface area contributed by atoms with Crippen LogP contribution in [0.25, 0.3) is 0 Å². The van der Waals surface area contributed by atoms with Crippen molar-refractivity contribution in [3.63, 3.8) is 0 Å².